The third kappa shape index (κ3) is 5.72. The maximum atomic E-state index is 11.8. The molecule has 108 valence electrons. The highest BCUT2D eigenvalue weighted by molar-refractivity contribution is 5.78. The summed E-state index contributed by atoms with van der Waals surface area (Å²) < 4.78 is 5.14. The molecule has 0 aliphatic rings. The Balaban J connectivity index is 2.47. The smallest absolute Gasteiger partial charge is 0.224 e. The Hall–Kier alpha value is -2.06. The maximum absolute atomic E-state index is 11.8. The summed E-state index contributed by atoms with van der Waals surface area (Å²) in [6, 6.07) is 9.01. The molecule has 0 aliphatic heterocycles. The minimum Gasteiger partial charge on any atom is -0.479 e. The molecule has 1 amide bonds. The van der Waals surface area contributed by atoms with E-state index in [0.717, 1.165) is 12.0 Å². The molecular weight excluding hydrogens is 256 g/mol. The number of ether oxygens (including phenoxy) is 1. The highest BCUT2D eigenvalue weighted by atomic mass is 16.5. The third-order valence-corrected chi connectivity index (χ3v) is 2.93. The largest absolute Gasteiger partial charge is 0.479 e. The summed E-state index contributed by atoms with van der Waals surface area (Å²) >= 11 is 0. The molecule has 1 atom stereocenters. The zero-order chi connectivity index (χ0) is 14.8. The van der Waals surface area contributed by atoms with Crippen molar-refractivity contribution in [3.05, 3.63) is 29.8 Å². The van der Waals surface area contributed by atoms with E-state index in [1.165, 1.54) is 0 Å². The number of amides is 1. The van der Waals surface area contributed by atoms with Crippen LogP contribution in [0.4, 0.5) is 0 Å². The Kier molecular flexibility index (Phi) is 7.15. The summed E-state index contributed by atoms with van der Waals surface area (Å²) in [6.07, 6.45) is 1.66. The number of carbonyl (C=O) groups excluding carboxylic acids is 1. The summed E-state index contributed by atoms with van der Waals surface area (Å²) in [6.45, 7) is 2.06. The van der Waals surface area contributed by atoms with Crippen LogP contribution in [0.1, 0.15) is 25.3 Å². The van der Waals surface area contributed by atoms with Crippen LogP contribution in [-0.2, 0) is 11.2 Å². The van der Waals surface area contributed by atoms with Crippen molar-refractivity contribution in [1.29, 1.82) is 5.26 Å². The van der Waals surface area contributed by atoms with Gasteiger partial charge in [-0.3, -0.25) is 4.79 Å². The highest BCUT2D eigenvalue weighted by Crippen LogP contribution is 2.12. The molecule has 5 nitrogen and oxygen atoms in total. The predicted molar refractivity (Wildman–Crippen MR) is 75.2 cm³/mol. The Labute approximate surface area is 119 Å². The molecule has 0 radical (unpaired) electrons. The van der Waals surface area contributed by atoms with E-state index in [1.54, 1.807) is 24.3 Å². The van der Waals surface area contributed by atoms with Crippen molar-refractivity contribution >= 4 is 5.91 Å². The van der Waals surface area contributed by atoms with Crippen LogP contribution in [-0.4, -0.2) is 30.3 Å². The Morgan fingerprint density at radius 2 is 2.15 bits per heavy atom. The van der Waals surface area contributed by atoms with Gasteiger partial charge in [-0.25, -0.2) is 0 Å². The van der Waals surface area contributed by atoms with E-state index in [4.69, 9.17) is 15.1 Å². The second-order valence-electron chi connectivity index (χ2n) is 4.45. The topological polar surface area (TPSA) is 82.3 Å². The molecule has 0 spiro atoms. The number of rotatable bonds is 8. The van der Waals surface area contributed by atoms with Crippen molar-refractivity contribution in [2.24, 2.45) is 0 Å². The highest BCUT2D eigenvalue weighted by Gasteiger charge is 2.10. The molecular formula is C15H20N2O3. The maximum Gasteiger partial charge on any atom is 0.224 e. The van der Waals surface area contributed by atoms with E-state index in [0.29, 0.717) is 18.6 Å². The lowest BCUT2D eigenvalue weighted by Crippen LogP contribution is -2.36. The quantitative estimate of drug-likeness (QED) is 0.752. The molecule has 0 aromatic heterocycles. The van der Waals surface area contributed by atoms with Crippen molar-refractivity contribution in [1.82, 2.24) is 5.32 Å². The molecule has 0 heterocycles. The van der Waals surface area contributed by atoms with Gasteiger partial charge in [-0.05, 0) is 30.5 Å². The van der Waals surface area contributed by atoms with Crippen molar-refractivity contribution < 1.29 is 14.6 Å². The van der Waals surface area contributed by atoms with E-state index in [9.17, 15) is 4.79 Å². The van der Waals surface area contributed by atoms with Gasteiger partial charge >= 0.3 is 0 Å². The SMILES string of the molecule is CCC(CCO)NC(=O)Cc1ccc(OCC#N)cc1. The molecule has 20 heavy (non-hydrogen) atoms. The molecule has 2 N–H and O–H groups in total. The van der Waals surface area contributed by atoms with Gasteiger partial charge in [-0.1, -0.05) is 19.1 Å². The standard InChI is InChI=1S/C15H20N2O3/c1-2-13(7-9-18)17-15(19)11-12-3-5-14(6-4-12)20-10-8-16/h3-6,13,18H,2,7,9-11H2,1H3,(H,17,19). The monoisotopic (exact) mass is 276 g/mol. The van der Waals surface area contributed by atoms with Crippen LogP contribution in [0.5, 0.6) is 5.75 Å². The van der Waals surface area contributed by atoms with Gasteiger partial charge in [0.1, 0.15) is 11.8 Å². The van der Waals surface area contributed by atoms with Gasteiger partial charge in [0.25, 0.3) is 0 Å². The van der Waals surface area contributed by atoms with Gasteiger partial charge in [0.05, 0.1) is 6.42 Å². The normalized spacial score (nSPS) is 11.4. The lowest BCUT2D eigenvalue weighted by atomic mass is 10.1. The van der Waals surface area contributed by atoms with Crippen LogP contribution >= 0.6 is 0 Å². The Morgan fingerprint density at radius 1 is 1.45 bits per heavy atom. The molecule has 0 aliphatic carbocycles. The van der Waals surface area contributed by atoms with Gasteiger partial charge in [-0.2, -0.15) is 5.26 Å². The van der Waals surface area contributed by atoms with Gasteiger partial charge < -0.3 is 15.2 Å². The zero-order valence-electron chi connectivity index (χ0n) is 11.6. The first-order chi connectivity index (χ1) is 9.69. The fourth-order valence-electron chi connectivity index (χ4n) is 1.82. The van der Waals surface area contributed by atoms with Crippen molar-refractivity contribution in [3.8, 4) is 11.8 Å². The molecule has 0 saturated heterocycles. The van der Waals surface area contributed by atoms with Crippen LogP contribution in [0.3, 0.4) is 0 Å². The summed E-state index contributed by atoms with van der Waals surface area (Å²) in [5.41, 5.74) is 0.880. The second-order valence-corrected chi connectivity index (χ2v) is 4.45. The van der Waals surface area contributed by atoms with E-state index < -0.39 is 0 Å². The number of nitriles is 1. The van der Waals surface area contributed by atoms with E-state index in [2.05, 4.69) is 5.32 Å². The van der Waals surface area contributed by atoms with Crippen LogP contribution < -0.4 is 10.1 Å². The summed E-state index contributed by atoms with van der Waals surface area (Å²) in [4.78, 5) is 11.8. The second kappa shape index (κ2) is 8.94. The average Bonchev–Trinajstić information content (AvgIpc) is 2.46. The van der Waals surface area contributed by atoms with Crippen LogP contribution in [0.15, 0.2) is 24.3 Å². The number of benzene rings is 1. The number of nitrogens with one attached hydrogen (secondary N) is 1. The number of hydrogen-bond donors (Lipinski definition) is 2. The van der Waals surface area contributed by atoms with Crippen LogP contribution in [0.2, 0.25) is 0 Å². The molecule has 1 unspecified atom stereocenters. The fourth-order valence-corrected chi connectivity index (χ4v) is 1.82. The third-order valence-electron chi connectivity index (χ3n) is 2.93. The number of carbonyl (C=O) groups is 1. The molecule has 1 aromatic carbocycles. The lowest BCUT2D eigenvalue weighted by Gasteiger charge is -2.15. The van der Waals surface area contributed by atoms with Gasteiger partial charge in [0.2, 0.25) is 5.91 Å². The molecule has 5 heteroatoms. The minimum absolute atomic E-state index is 0.0131. The first kappa shape index (κ1) is 16.0. The van der Waals surface area contributed by atoms with Gasteiger partial charge in [-0.15, -0.1) is 0 Å². The van der Waals surface area contributed by atoms with E-state index in [1.807, 2.05) is 13.0 Å². The van der Waals surface area contributed by atoms with Crippen molar-refractivity contribution in [3.63, 3.8) is 0 Å². The average molecular weight is 276 g/mol. The summed E-state index contributed by atoms with van der Waals surface area (Å²) in [5, 5.41) is 20.2. The molecule has 0 bridgehead atoms. The molecule has 0 fully saturated rings. The van der Waals surface area contributed by atoms with Crippen molar-refractivity contribution in [2.45, 2.75) is 32.2 Å². The predicted octanol–water partition coefficient (Wildman–Crippen LogP) is 1.41. The number of aliphatic hydroxyl groups is 1. The lowest BCUT2D eigenvalue weighted by molar-refractivity contribution is -0.121. The van der Waals surface area contributed by atoms with Crippen molar-refractivity contribution in [2.75, 3.05) is 13.2 Å². The molecule has 1 rings (SSSR count). The first-order valence-corrected chi connectivity index (χ1v) is 6.68. The summed E-state index contributed by atoms with van der Waals surface area (Å²) in [5.74, 6) is 0.554. The summed E-state index contributed by atoms with van der Waals surface area (Å²) in [7, 11) is 0. The van der Waals surface area contributed by atoms with Crippen LogP contribution in [0.25, 0.3) is 0 Å². The number of hydrogen-bond acceptors (Lipinski definition) is 4. The van der Waals surface area contributed by atoms with E-state index in [-0.39, 0.29) is 25.2 Å². The number of nitrogens with zero attached hydrogens (tertiary/aromatic N) is 1. The Morgan fingerprint density at radius 3 is 2.70 bits per heavy atom. The number of aliphatic hydroxyl groups excluding tert-OH is 1. The van der Waals surface area contributed by atoms with E-state index >= 15 is 0 Å². The van der Waals surface area contributed by atoms with Gasteiger partial charge in [0, 0.05) is 12.6 Å². The fraction of sp³-hybridized carbons (Fsp3) is 0.467. The molecule has 1 aromatic rings. The van der Waals surface area contributed by atoms with Gasteiger partial charge in [0.15, 0.2) is 6.61 Å². The zero-order valence-corrected chi connectivity index (χ0v) is 11.6. The molecule has 0 saturated carbocycles. The minimum atomic E-state index is -0.0593. The first-order valence-electron chi connectivity index (χ1n) is 6.68. The Bertz CT molecular complexity index is 451. The van der Waals surface area contributed by atoms with Crippen LogP contribution in [0, 0.1) is 11.3 Å².